The Labute approximate surface area is 128 Å². The van der Waals surface area contributed by atoms with Crippen molar-refractivity contribution in [3.63, 3.8) is 0 Å². The zero-order valence-electron chi connectivity index (χ0n) is 13.9. The first kappa shape index (κ1) is 16.7. The van der Waals surface area contributed by atoms with E-state index in [1.54, 1.807) is 0 Å². The van der Waals surface area contributed by atoms with Crippen LogP contribution in [0, 0.1) is 0 Å². The SMILES string of the molecule is CCNC1(C(=O)OC)CCCC(N2C[C@@H](C)O[C@@H](C)C2)C1. The molecule has 0 spiro atoms. The van der Waals surface area contributed by atoms with E-state index in [-0.39, 0.29) is 18.2 Å². The zero-order chi connectivity index (χ0) is 15.5. The number of esters is 1. The number of ether oxygens (including phenoxy) is 2. The molecule has 5 nitrogen and oxygen atoms in total. The van der Waals surface area contributed by atoms with Crippen LogP contribution in [-0.4, -0.2) is 61.4 Å². The molecule has 0 amide bonds. The molecule has 2 aliphatic rings. The standard InChI is InChI=1S/C16H30N2O3/c1-5-17-16(15(19)20-4)8-6-7-14(9-16)18-10-12(2)21-13(3)11-18/h12-14,17H,5-11H2,1-4H3/t12-,13+,14?,16?. The van der Waals surface area contributed by atoms with Gasteiger partial charge in [0.25, 0.3) is 0 Å². The van der Waals surface area contributed by atoms with Crippen LogP contribution in [0.3, 0.4) is 0 Å². The summed E-state index contributed by atoms with van der Waals surface area (Å²) in [5.41, 5.74) is -0.503. The third-order valence-corrected chi connectivity index (χ3v) is 4.78. The number of rotatable bonds is 4. The second-order valence-corrected chi connectivity index (χ2v) is 6.57. The highest BCUT2D eigenvalue weighted by Gasteiger charge is 2.45. The summed E-state index contributed by atoms with van der Waals surface area (Å²) < 4.78 is 10.9. The molecule has 5 heteroatoms. The van der Waals surface area contributed by atoms with Gasteiger partial charge in [-0.1, -0.05) is 6.92 Å². The van der Waals surface area contributed by atoms with E-state index in [0.29, 0.717) is 6.04 Å². The summed E-state index contributed by atoms with van der Waals surface area (Å²) in [6.07, 6.45) is 4.47. The highest BCUT2D eigenvalue weighted by atomic mass is 16.5. The Kier molecular flexibility index (Phi) is 5.63. The molecule has 122 valence electrons. The van der Waals surface area contributed by atoms with Gasteiger partial charge in [-0.15, -0.1) is 0 Å². The molecule has 0 bridgehead atoms. The van der Waals surface area contributed by atoms with E-state index in [0.717, 1.165) is 45.3 Å². The van der Waals surface area contributed by atoms with Gasteiger partial charge in [-0.3, -0.25) is 9.69 Å². The number of hydrogen-bond donors (Lipinski definition) is 1. The molecule has 1 aliphatic carbocycles. The lowest BCUT2D eigenvalue weighted by Gasteiger charge is -2.46. The summed E-state index contributed by atoms with van der Waals surface area (Å²) in [5.74, 6) is -0.108. The second-order valence-electron chi connectivity index (χ2n) is 6.57. The van der Waals surface area contributed by atoms with Crippen LogP contribution in [0.2, 0.25) is 0 Å². The predicted octanol–water partition coefficient (Wildman–Crippen LogP) is 1.56. The molecular weight excluding hydrogens is 268 g/mol. The Balaban J connectivity index is 2.09. The van der Waals surface area contributed by atoms with Crippen LogP contribution in [0.15, 0.2) is 0 Å². The molecule has 21 heavy (non-hydrogen) atoms. The van der Waals surface area contributed by atoms with Crippen molar-refractivity contribution in [1.82, 2.24) is 10.2 Å². The van der Waals surface area contributed by atoms with Crippen LogP contribution in [0.4, 0.5) is 0 Å². The topological polar surface area (TPSA) is 50.8 Å². The lowest BCUT2D eigenvalue weighted by molar-refractivity contribution is -0.152. The molecule has 1 saturated carbocycles. The molecule has 1 saturated heterocycles. The maximum absolute atomic E-state index is 12.3. The number of hydrogen-bond acceptors (Lipinski definition) is 5. The highest BCUT2D eigenvalue weighted by molar-refractivity contribution is 5.81. The Bertz CT molecular complexity index is 349. The van der Waals surface area contributed by atoms with Crippen molar-refractivity contribution < 1.29 is 14.3 Å². The first-order chi connectivity index (χ1) is 10.0. The first-order valence-corrected chi connectivity index (χ1v) is 8.23. The van der Waals surface area contributed by atoms with Crippen LogP contribution in [0.25, 0.3) is 0 Å². The average Bonchev–Trinajstić information content (AvgIpc) is 2.46. The summed E-state index contributed by atoms with van der Waals surface area (Å²) in [5, 5.41) is 3.41. The van der Waals surface area contributed by atoms with Gasteiger partial charge in [0.15, 0.2) is 0 Å². The third kappa shape index (κ3) is 3.76. The van der Waals surface area contributed by atoms with Crippen LogP contribution in [-0.2, 0) is 14.3 Å². The highest BCUT2D eigenvalue weighted by Crippen LogP contribution is 2.33. The van der Waals surface area contributed by atoms with E-state index in [2.05, 4.69) is 24.1 Å². The lowest BCUT2D eigenvalue weighted by Crippen LogP contribution is -2.60. The Morgan fingerprint density at radius 2 is 2.05 bits per heavy atom. The van der Waals surface area contributed by atoms with Crippen LogP contribution >= 0.6 is 0 Å². The lowest BCUT2D eigenvalue weighted by atomic mass is 9.78. The van der Waals surface area contributed by atoms with E-state index in [4.69, 9.17) is 9.47 Å². The molecule has 0 aromatic rings. The van der Waals surface area contributed by atoms with Crippen molar-refractivity contribution in [3.8, 4) is 0 Å². The maximum atomic E-state index is 12.3. The van der Waals surface area contributed by atoms with Crippen LogP contribution in [0.5, 0.6) is 0 Å². The van der Waals surface area contributed by atoms with Gasteiger partial charge in [-0.2, -0.15) is 0 Å². The average molecular weight is 298 g/mol. The molecule has 1 aliphatic heterocycles. The number of morpholine rings is 1. The molecule has 2 rings (SSSR count). The largest absolute Gasteiger partial charge is 0.468 e. The number of likely N-dealkylation sites (N-methyl/N-ethyl adjacent to an activating group) is 1. The van der Waals surface area contributed by atoms with Gasteiger partial charge >= 0.3 is 5.97 Å². The van der Waals surface area contributed by atoms with E-state index in [9.17, 15) is 4.79 Å². The van der Waals surface area contributed by atoms with Crippen molar-refractivity contribution in [2.75, 3.05) is 26.7 Å². The summed E-state index contributed by atoms with van der Waals surface area (Å²) in [6.45, 7) is 9.01. The van der Waals surface area contributed by atoms with E-state index in [1.165, 1.54) is 7.11 Å². The van der Waals surface area contributed by atoms with Gasteiger partial charge in [0.2, 0.25) is 0 Å². The van der Waals surface area contributed by atoms with Gasteiger partial charge < -0.3 is 14.8 Å². The fraction of sp³-hybridized carbons (Fsp3) is 0.938. The Hall–Kier alpha value is -0.650. The molecule has 4 atom stereocenters. The molecule has 2 fully saturated rings. The van der Waals surface area contributed by atoms with Crippen molar-refractivity contribution in [3.05, 3.63) is 0 Å². The molecule has 2 unspecified atom stereocenters. The Morgan fingerprint density at radius 1 is 1.38 bits per heavy atom. The van der Waals surface area contributed by atoms with E-state index in [1.807, 2.05) is 6.92 Å². The molecular formula is C16H30N2O3. The predicted molar refractivity (Wildman–Crippen MR) is 82.3 cm³/mol. The van der Waals surface area contributed by atoms with Crippen molar-refractivity contribution in [2.24, 2.45) is 0 Å². The molecule has 1 N–H and O–H groups in total. The fourth-order valence-corrected chi connectivity index (χ4v) is 4.03. The van der Waals surface area contributed by atoms with Gasteiger partial charge in [0, 0.05) is 19.1 Å². The number of nitrogens with zero attached hydrogens (tertiary/aromatic N) is 1. The normalized spacial score (nSPS) is 38.2. The van der Waals surface area contributed by atoms with E-state index >= 15 is 0 Å². The fourth-order valence-electron chi connectivity index (χ4n) is 4.03. The number of methoxy groups -OCH3 is 1. The van der Waals surface area contributed by atoms with Crippen molar-refractivity contribution >= 4 is 5.97 Å². The molecule has 0 radical (unpaired) electrons. The minimum atomic E-state index is -0.503. The maximum Gasteiger partial charge on any atom is 0.326 e. The van der Waals surface area contributed by atoms with Crippen LogP contribution < -0.4 is 5.32 Å². The number of carbonyl (C=O) groups is 1. The van der Waals surface area contributed by atoms with Crippen molar-refractivity contribution in [1.29, 1.82) is 0 Å². The summed E-state index contributed by atoms with van der Waals surface area (Å²) in [7, 11) is 1.49. The van der Waals surface area contributed by atoms with Crippen LogP contribution in [0.1, 0.15) is 46.5 Å². The van der Waals surface area contributed by atoms with E-state index < -0.39 is 5.54 Å². The summed E-state index contributed by atoms with van der Waals surface area (Å²) in [4.78, 5) is 14.8. The third-order valence-electron chi connectivity index (χ3n) is 4.78. The minimum absolute atomic E-state index is 0.108. The Morgan fingerprint density at radius 3 is 2.62 bits per heavy atom. The van der Waals surface area contributed by atoms with Gasteiger partial charge in [-0.25, -0.2) is 0 Å². The minimum Gasteiger partial charge on any atom is -0.468 e. The molecule has 1 heterocycles. The van der Waals surface area contributed by atoms with Gasteiger partial charge in [0.1, 0.15) is 5.54 Å². The number of carbonyl (C=O) groups excluding carboxylic acids is 1. The zero-order valence-corrected chi connectivity index (χ0v) is 13.9. The molecule has 0 aromatic heterocycles. The second kappa shape index (κ2) is 7.07. The van der Waals surface area contributed by atoms with Crippen molar-refractivity contribution in [2.45, 2.75) is 70.2 Å². The van der Waals surface area contributed by atoms with Gasteiger partial charge in [0.05, 0.1) is 19.3 Å². The molecule has 0 aromatic carbocycles. The quantitative estimate of drug-likeness (QED) is 0.798. The summed E-state index contributed by atoms with van der Waals surface area (Å²) >= 11 is 0. The smallest absolute Gasteiger partial charge is 0.326 e. The first-order valence-electron chi connectivity index (χ1n) is 8.23. The number of nitrogens with one attached hydrogen (secondary N) is 1. The summed E-state index contributed by atoms with van der Waals surface area (Å²) in [6, 6.07) is 0.436. The monoisotopic (exact) mass is 298 g/mol. The van der Waals surface area contributed by atoms with Gasteiger partial charge in [-0.05, 0) is 46.1 Å².